The van der Waals surface area contributed by atoms with Crippen LogP contribution in [-0.4, -0.2) is 40.5 Å². The Balaban J connectivity index is 1.62. The van der Waals surface area contributed by atoms with Gasteiger partial charge in [0, 0.05) is 32.6 Å². The van der Waals surface area contributed by atoms with Gasteiger partial charge in [-0.2, -0.15) is 0 Å². The van der Waals surface area contributed by atoms with Gasteiger partial charge in [0.25, 0.3) is 0 Å². The van der Waals surface area contributed by atoms with E-state index in [1.165, 1.54) is 0 Å². The highest BCUT2D eigenvalue weighted by molar-refractivity contribution is 5.76. The minimum atomic E-state index is 0.253. The summed E-state index contributed by atoms with van der Waals surface area (Å²) < 4.78 is 5.32. The van der Waals surface area contributed by atoms with Gasteiger partial charge in [0.05, 0.1) is 17.9 Å². The van der Waals surface area contributed by atoms with Crippen LogP contribution in [0.1, 0.15) is 30.1 Å². The van der Waals surface area contributed by atoms with Crippen molar-refractivity contribution in [1.29, 1.82) is 0 Å². The first kappa shape index (κ1) is 11.7. The molecule has 98 valence electrons. The van der Waals surface area contributed by atoms with Gasteiger partial charge in [-0.05, 0) is 19.3 Å². The number of hydrogen-bond donors (Lipinski definition) is 1. The van der Waals surface area contributed by atoms with Crippen molar-refractivity contribution in [3.8, 4) is 0 Å². The number of imidazole rings is 1. The second kappa shape index (κ2) is 4.72. The van der Waals surface area contributed by atoms with E-state index < -0.39 is 0 Å². The summed E-state index contributed by atoms with van der Waals surface area (Å²) in [6.07, 6.45) is 2.52. The van der Waals surface area contributed by atoms with Crippen LogP contribution in [0, 0.1) is 12.8 Å². The first-order valence-electron chi connectivity index (χ1n) is 6.62. The number of ether oxygens (including phenoxy) is 1. The first-order valence-corrected chi connectivity index (χ1v) is 6.62. The Morgan fingerprint density at radius 1 is 1.61 bits per heavy atom. The molecule has 0 aromatic carbocycles. The third-order valence-electron chi connectivity index (χ3n) is 3.79. The van der Waals surface area contributed by atoms with Crippen molar-refractivity contribution in [1.82, 2.24) is 14.9 Å². The Kier molecular flexibility index (Phi) is 3.07. The normalized spacial score (nSPS) is 23.2. The SMILES string of the molecule is Cc1nc2c([nH]1)CN(C(=O)C[C@H]1CCOC1)CC2. The molecule has 2 aliphatic rings. The number of aromatic nitrogens is 2. The van der Waals surface area contributed by atoms with Gasteiger partial charge in [0.2, 0.25) is 5.91 Å². The molecule has 3 rings (SSSR count). The second-order valence-electron chi connectivity index (χ2n) is 5.25. The number of carbonyl (C=O) groups is 1. The quantitative estimate of drug-likeness (QED) is 0.851. The van der Waals surface area contributed by atoms with Crippen LogP contribution in [0.25, 0.3) is 0 Å². The zero-order valence-corrected chi connectivity index (χ0v) is 10.7. The molecule has 1 saturated heterocycles. The summed E-state index contributed by atoms with van der Waals surface area (Å²) in [5, 5.41) is 0. The van der Waals surface area contributed by atoms with Crippen molar-refractivity contribution in [2.75, 3.05) is 19.8 Å². The lowest BCUT2D eigenvalue weighted by Crippen LogP contribution is -2.37. The molecule has 1 fully saturated rings. The van der Waals surface area contributed by atoms with Gasteiger partial charge in [0.1, 0.15) is 5.82 Å². The molecule has 3 heterocycles. The first-order chi connectivity index (χ1) is 8.72. The van der Waals surface area contributed by atoms with Crippen LogP contribution < -0.4 is 0 Å². The Hall–Kier alpha value is -1.36. The van der Waals surface area contributed by atoms with Gasteiger partial charge in [-0.1, -0.05) is 0 Å². The number of amides is 1. The Morgan fingerprint density at radius 3 is 3.28 bits per heavy atom. The number of fused-ring (bicyclic) bond motifs is 1. The van der Waals surface area contributed by atoms with Crippen LogP contribution >= 0.6 is 0 Å². The van der Waals surface area contributed by atoms with Gasteiger partial charge >= 0.3 is 0 Å². The fourth-order valence-corrected chi connectivity index (χ4v) is 2.77. The molecule has 1 atom stereocenters. The number of hydrogen-bond acceptors (Lipinski definition) is 3. The maximum Gasteiger partial charge on any atom is 0.223 e. The molecule has 18 heavy (non-hydrogen) atoms. The van der Waals surface area contributed by atoms with E-state index in [9.17, 15) is 4.79 Å². The zero-order valence-electron chi connectivity index (χ0n) is 10.7. The third kappa shape index (κ3) is 2.27. The molecule has 0 saturated carbocycles. The van der Waals surface area contributed by atoms with Crippen molar-refractivity contribution < 1.29 is 9.53 Å². The molecule has 5 heteroatoms. The number of aromatic amines is 1. The summed E-state index contributed by atoms with van der Waals surface area (Å²) in [5.74, 6) is 1.62. The van der Waals surface area contributed by atoms with Crippen molar-refractivity contribution in [3.63, 3.8) is 0 Å². The van der Waals surface area contributed by atoms with E-state index in [1.807, 2.05) is 11.8 Å². The predicted octanol–water partition coefficient (Wildman–Crippen LogP) is 1.03. The minimum Gasteiger partial charge on any atom is -0.381 e. The molecular formula is C13H19N3O2. The predicted molar refractivity (Wildman–Crippen MR) is 66.0 cm³/mol. The van der Waals surface area contributed by atoms with E-state index in [2.05, 4.69) is 9.97 Å². The number of carbonyl (C=O) groups excluding carboxylic acids is 1. The Labute approximate surface area is 107 Å². The molecule has 5 nitrogen and oxygen atoms in total. The largest absolute Gasteiger partial charge is 0.381 e. The lowest BCUT2D eigenvalue weighted by atomic mass is 10.0. The van der Waals surface area contributed by atoms with Crippen molar-refractivity contribution in [3.05, 3.63) is 17.2 Å². The lowest BCUT2D eigenvalue weighted by Gasteiger charge is -2.27. The number of rotatable bonds is 2. The van der Waals surface area contributed by atoms with Crippen molar-refractivity contribution in [2.24, 2.45) is 5.92 Å². The molecule has 0 spiro atoms. The van der Waals surface area contributed by atoms with Crippen LogP contribution in [0.15, 0.2) is 0 Å². The molecule has 1 amide bonds. The maximum absolute atomic E-state index is 12.2. The number of nitrogens with zero attached hydrogens (tertiary/aromatic N) is 2. The molecule has 0 radical (unpaired) electrons. The van der Waals surface area contributed by atoms with Crippen LogP contribution in [-0.2, 0) is 22.5 Å². The highest BCUT2D eigenvalue weighted by Crippen LogP contribution is 2.21. The average Bonchev–Trinajstić information content (AvgIpc) is 2.95. The van der Waals surface area contributed by atoms with Crippen molar-refractivity contribution >= 4 is 5.91 Å². The van der Waals surface area contributed by atoms with Gasteiger partial charge in [0.15, 0.2) is 0 Å². The van der Waals surface area contributed by atoms with E-state index in [-0.39, 0.29) is 5.91 Å². The van der Waals surface area contributed by atoms with Crippen LogP contribution in [0.4, 0.5) is 0 Å². The zero-order chi connectivity index (χ0) is 12.5. The van der Waals surface area contributed by atoms with Gasteiger partial charge in [-0.25, -0.2) is 4.98 Å². The second-order valence-corrected chi connectivity index (χ2v) is 5.25. The Morgan fingerprint density at radius 2 is 2.50 bits per heavy atom. The minimum absolute atomic E-state index is 0.253. The van der Waals surface area contributed by atoms with Crippen LogP contribution in [0.5, 0.6) is 0 Å². The van der Waals surface area contributed by atoms with E-state index in [0.717, 1.165) is 49.8 Å². The molecule has 1 aromatic rings. The highest BCUT2D eigenvalue weighted by Gasteiger charge is 2.26. The number of H-pyrrole nitrogens is 1. The Bertz CT molecular complexity index is 449. The van der Waals surface area contributed by atoms with E-state index in [4.69, 9.17) is 4.74 Å². The summed E-state index contributed by atoms with van der Waals surface area (Å²) in [7, 11) is 0. The van der Waals surface area contributed by atoms with Crippen molar-refractivity contribution in [2.45, 2.75) is 32.7 Å². The molecule has 1 N–H and O–H groups in total. The average molecular weight is 249 g/mol. The van der Waals surface area contributed by atoms with Crippen LogP contribution in [0.2, 0.25) is 0 Å². The topological polar surface area (TPSA) is 58.2 Å². The maximum atomic E-state index is 12.2. The highest BCUT2D eigenvalue weighted by atomic mass is 16.5. The van der Waals surface area contributed by atoms with Gasteiger partial charge in [-0.3, -0.25) is 4.79 Å². The molecule has 0 aliphatic carbocycles. The van der Waals surface area contributed by atoms with Gasteiger partial charge < -0.3 is 14.6 Å². The van der Waals surface area contributed by atoms with E-state index in [0.29, 0.717) is 18.9 Å². The van der Waals surface area contributed by atoms with Crippen LogP contribution in [0.3, 0.4) is 0 Å². The summed E-state index contributed by atoms with van der Waals surface area (Å²) in [4.78, 5) is 21.8. The van der Waals surface area contributed by atoms with Gasteiger partial charge in [-0.15, -0.1) is 0 Å². The monoisotopic (exact) mass is 249 g/mol. The lowest BCUT2D eigenvalue weighted by molar-refractivity contribution is -0.133. The fourth-order valence-electron chi connectivity index (χ4n) is 2.77. The molecule has 1 aromatic heterocycles. The smallest absolute Gasteiger partial charge is 0.223 e. The summed E-state index contributed by atoms with van der Waals surface area (Å²) in [6.45, 7) is 4.99. The molecule has 0 bridgehead atoms. The molecule has 0 unspecified atom stereocenters. The standard InChI is InChI=1S/C13H19N3O2/c1-9-14-11-2-4-16(7-12(11)15-9)13(17)6-10-3-5-18-8-10/h10H,2-8H2,1H3,(H,14,15)/t10-/m1/s1. The summed E-state index contributed by atoms with van der Waals surface area (Å²) >= 11 is 0. The fraction of sp³-hybridized carbons (Fsp3) is 0.692. The third-order valence-corrected chi connectivity index (χ3v) is 3.79. The number of aryl methyl sites for hydroxylation is 1. The summed E-state index contributed by atoms with van der Waals surface area (Å²) in [6, 6.07) is 0. The van der Waals surface area contributed by atoms with E-state index >= 15 is 0 Å². The number of nitrogens with one attached hydrogen (secondary N) is 1. The van der Waals surface area contributed by atoms with E-state index in [1.54, 1.807) is 0 Å². The molecular weight excluding hydrogens is 230 g/mol. The molecule has 2 aliphatic heterocycles. The summed E-state index contributed by atoms with van der Waals surface area (Å²) in [5.41, 5.74) is 2.23.